The van der Waals surface area contributed by atoms with E-state index < -0.39 is 29.3 Å². The second-order valence-electron chi connectivity index (χ2n) is 8.07. The standard InChI is InChI=1S/C21H25FN2O4/c1-21(2,3)28-20(27)23-11-6-7-14(10-12-23)17(22)13-24-18(25)15-8-4-5-9-16(15)19(24)26/h4-5,8-9H,6-7,10-13H2,1-3H3/b17-14+. The maximum Gasteiger partial charge on any atom is 0.410 e. The van der Waals surface area contributed by atoms with Crippen molar-refractivity contribution in [2.75, 3.05) is 19.6 Å². The van der Waals surface area contributed by atoms with E-state index in [9.17, 15) is 18.8 Å². The Bertz CT molecular complexity index is 806. The lowest BCUT2D eigenvalue weighted by molar-refractivity contribution is 0.0258. The first kappa shape index (κ1) is 20.0. The molecule has 0 N–H and O–H groups in total. The van der Waals surface area contributed by atoms with E-state index in [-0.39, 0.29) is 6.54 Å². The van der Waals surface area contributed by atoms with Crippen molar-refractivity contribution in [2.24, 2.45) is 0 Å². The number of halogens is 1. The van der Waals surface area contributed by atoms with Crippen molar-refractivity contribution in [2.45, 2.75) is 45.6 Å². The van der Waals surface area contributed by atoms with E-state index in [1.54, 1.807) is 49.9 Å². The van der Waals surface area contributed by atoms with E-state index in [1.807, 2.05) is 0 Å². The predicted molar refractivity (Wildman–Crippen MR) is 102 cm³/mol. The van der Waals surface area contributed by atoms with Crippen molar-refractivity contribution in [3.63, 3.8) is 0 Å². The Balaban J connectivity index is 1.67. The number of amides is 3. The third-order valence-corrected chi connectivity index (χ3v) is 4.80. The average molecular weight is 388 g/mol. The fourth-order valence-corrected chi connectivity index (χ4v) is 3.40. The zero-order valence-electron chi connectivity index (χ0n) is 16.5. The molecule has 150 valence electrons. The second-order valence-corrected chi connectivity index (χ2v) is 8.07. The van der Waals surface area contributed by atoms with Gasteiger partial charge in [0, 0.05) is 13.1 Å². The molecule has 28 heavy (non-hydrogen) atoms. The van der Waals surface area contributed by atoms with Gasteiger partial charge in [-0.05, 0) is 57.7 Å². The van der Waals surface area contributed by atoms with Gasteiger partial charge < -0.3 is 9.64 Å². The van der Waals surface area contributed by atoms with Gasteiger partial charge in [-0.25, -0.2) is 9.18 Å². The Morgan fingerprint density at radius 3 is 2.25 bits per heavy atom. The minimum absolute atomic E-state index is 0.308. The first-order valence-electron chi connectivity index (χ1n) is 9.47. The van der Waals surface area contributed by atoms with Gasteiger partial charge in [-0.1, -0.05) is 12.1 Å². The largest absolute Gasteiger partial charge is 0.444 e. The molecule has 0 aliphatic carbocycles. The third kappa shape index (κ3) is 4.24. The smallest absolute Gasteiger partial charge is 0.410 e. The van der Waals surface area contributed by atoms with E-state index in [1.165, 1.54) is 0 Å². The van der Waals surface area contributed by atoms with E-state index in [4.69, 9.17) is 4.74 Å². The Hall–Kier alpha value is -2.70. The lowest BCUT2D eigenvalue weighted by Gasteiger charge is -2.26. The highest BCUT2D eigenvalue weighted by Gasteiger charge is 2.36. The Morgan fingerprint density at radius 1 is 1.07 bits per heavy atom. The highest BCUT2D eigenvalue weighted by Crippen LogP contribution is 2.27. The number of rotatable bonds is 2. The van der Waals surface area contributed by atoms with Crippen molar-refractivity contribution < 1.29 is 23.5 Å². The molecule has 2 aliphatic rings. The molecule has 0 saturated carbocycles. The summed E-state index contributed by atoms with van der Waals surface area (Å²) in [7, 11) is 0. The molecule has 0 bridgehead atoms. The molecule has 1 saturated heterocycles. The summed E-state index contributed by atoms with van der Waals surface area (Å²) in [6.45, 7) is 5.87. The summed E-state index contributed by atoms with van der Waals surface area (Å²) in [5, 5.41) is 0. The molecule has 0 aromatic heterocycles. The maximum atomic E-state index is 14.9. The molecule has 0 atom stereocenters. The lowest BCUT2D eigenvalue weighted by Crippen LogP contribution is -2.37. The molecule has 7 heteroatoms. The van der Waals surface area contributed by atoms with Crippen molar-refractivity contribution in [1.82, 2.24) is 9.80 Å². The topological polar surface area (TPSA) is 66.9 Å². The molecule has 1 aromatic carbocycles. The summed E-state index contributed by atoms with van der Waals surface area (Å²) < 4.78 is 20.3. The monoisotopic (exact) mass is 388 g/mol. The number of hydrogen-bond acceptors (Lipinski definition) is 4. The average Bonchev–Trinajstić information content (AvgIpc) is 2.82. The first-order valence-corrected chi connectivity index (χ1v) is 9.47. The van der Waals surface area contributed by atoms with Crippen LogP contribution in [0.3, 0.4) is 0 Å². The van der Waals surface area contributed by atoms with Gasteiger partial charge in [0.1, 0.15) is 11.4 Å². The number of carbonyl (C=O) groups excluding carboxylic acids is 3. The number of carbonyl (C=O) groups is 3. The number of nitrogens with zero attached hydrogens (tertiary/aromatic N) is 2. The van der Waals surface area contributed by atoms with Crippen LogP contribution >= 0.6 is 0 Å². The highest BCUT2D eigenvalue weighted by molar-refractivity contribution is 6.21. The summed E-state index contributed by atoms with van der Waals surface area (Å²) in [6.07, 6.45) is 1.03. The maximum absolute atomic E-state index is 14.9. The van der Waals surface area contributed by atoms with Gasteiger partial charge in [0.25, 0.3) is 11.8 Å². The molecule has 2 aliphatic heterocycles. The number of ether oxygens (including phenoxy) is 1. The van der Waals surface area contributed by atoms with Crippen LogP contribution in [0.2, 0.25) is 0 Å². The van der Waals surface area contributed by atoms with Crippen LogP contribution < -0.4 is 0 Å². The fraction of sp³-hybridized carbons (Fsp3) is 0.476. The van der Waals surface area contributed by atoms with Gasteiger partial charge >= 0.3 is 6.09 Å². The Morgan fingerprint density at radius 2 is 1.68 bits per heavy atom. The number of hydrogen-bond donors (Lipinski definition) is 0. The minimum Gasteiger partial charge on any atom is -0.444 e. The third-order valence-electron chi connectivity index (χ3n) is 4.80. The van der Waals surface area contributed by atoms with E-state index in [0.717, 1.165) is 4.90 Å². The van der Waals surface area contributed by atoms with Crippen molar-refractivity contribution >= 4 is 17.9 Å². The Labute approximate surface area is 163 Å². The van der Waals surface area contributed by atoms with E-state index in [2.05, 4.69) is 0 Å². The zero-order chi connectivity index (χ0) is 20.5. The molecule has 3 rings (SSSR count). The molecular weight excluding hydrogens is 363 g/mol. The van der Waals surface area contributed by atoms with Crippen LogP contribution in [0.25, 0.3) is 0 Å². The van der Waals surface area contributed by atoms with Crippen LogP contribution in [-0.2, 0) is 4.74 Å². The fourth-order valence-electron chi connectivity index (χ4n) is 3.40. The normalized spacial score (nSPS) is 19.4. The van der Waals surface area contributed by atoms with Crippen molar-refractivity contribution in [3.05, 3.63) is 46.8 Å². The van der Waals surface area contributed by atoms with Gasteiger partial charge in [-0.2, -0.15) is 0 Å². The molecule has 0 radical (unpaired) electrons. The summed E-state index contributed by atoms with van der Waals surface area (Å²) in [4.78, 5) is 39.6. The number of likely N-dealkylation sites (tertiary alicyclic amines) is 1. The summed E-state index contributed by atoms with van der Waals surface area (Å²) in [6, 6.07) is 6.51. The predicted octanol–water partition coefficient (Wildman–Crippen LogP) is 3.93. The molecule has 2 heterocycles. The quantitative estimate of drug-likeness (QED) is 0.720. The molecule has 1 fully saturated rings. The summed E-state index contributed by atoms with van der Waals surface area (Å²) >= 11 is 0. The first-order chi connectivity index (χ1) is 13.2. The Kier molecular flexibility index (Phi) is 5.54. The molecule has 6 nitrogen and oxygen atoms in total. The lowest BCUT2D eigenvalue weighted by atomic mass is 10.1. The van der Waals surface area contributed by atoms with Crippen LogP contribution in [-0.4, -0.2) is 52.9 Å². The number of imide groups is 1. The highest BCUT2D eigenvalue weighted by atomic mass is 19.1. The number of benzene rings is 1. The van der Waals surface area contributed by atoms with E-state index >= 15 is 0 Å². The van der Waals surface area contributed by atoms with Gasteiger partial charge in [-0.3, -0.25) is 14.5 Å². The van der Waals surface area contributed by atoms with Gasteiger partial charge in [0.2, 0.25) is 0 Å². The van der Waals surface area contributed by atoms with Crippen LogP contribution in [0.4, 0.5) is 9.18 Å². The van der Waals surface area contributed by atoms with Gasteiger partial charge in [-0.15, -0.1) is 0 Å². The molecular formula is C21H25FN2O4. The van der Waals surface area contributed by atoms with Gasteiger partial charge in [0.15, 0.2) is 0 Å². The van der Waals surface area contributed by atoms with Crippen LogP contribution in [0.5, 0.6) is 0 Å². The van der Waals surface area contributed by atoms with Crippen molar-refractivity contribution in [1.29, 1.82) is 0 Å². The summed E-state index contributed by atoms with van der Waals surface area (Å²) in [5.41, 5.74) is 0.575. The van der Waals surface area contributed by atoms with Crippen LogP contribution in [0.1, 0.15) is 60.7 Å². The summed E-state index contributed by atoms with van der Waals surface area (Å²) in [5.74, 6) is -1.42. The molecule has 1 aromatic rings. The van der Waals surface area contributed by atoms with Crippen LogP contribution in [0.15, 0.2) is 35.7 Å². The number of fused-ring (bicyclic) bond motifs is 1. The molecule has 0 spiro atoms. The SMILES string of the molecule is CC(C)(C)OC(=O)N1CCC/C(=C(\F)CN2C(=O)c3ccccc3C2=O)CC1. The zero-order valence-corrected chi connectivity index (χ0v) is 16.5. The van der Waals surface area contributed by atoms with Crippen molar-refractivity contribution in [3.8, 4) is 0 Å². The van der Waals surface area contributed by atoms with E-state index in [0.29, 0.717) is 49.1 Å². The molecule has 0 unspecified atom stereocenters. The van der Waals surface area contributed by atoms with Gasteiger partial charge in [0.05, 0.1) is 17.7 Å². The minimum atomic E-state index is -0.585. The van der Waals surface area contributed by atoms with Crippen LogP contribution in [0, 0.1) is 0 Å². The molecule has 3 amide bonds. The second kappa shape index (κ2) is 7.73.